The standard InChI is InChI=1S/C18H24N2O4/c1-20-11-10-18(17(20)22,13-14-7-3-2-4-8-14)16(21)19-24-15-9-5-6-12-23-15/h2-4,7-8,15H,5-6,9-13H2,1H3,(H,19,21). The van der Waals surface area contributed by atoms with Crippen molar-refractivity contribution in [3.63, 3.8) is 0 Å². The Balaban J connectivity index is 1.72. The maximum absolute atomic E-state index is 12.8. The van der Waals surface area contributed by atoms with Crippen molar-refractivity contribution in [1.82, 2.24) is 10.4 Å². The first-order chi connectivity index (χ1) is 11.6. The minimum absolute atomic E-state index is 0.156. The Morgan fingerprint density at radius 3 is 2.79 bits per heavy atom. The molecule has 2 fully saturated rings. The van der Waals surface area contributed by atoms with E-state index in [0.29, 0.717) is 26.0 Å². The Morgan fingerprint density at radius 2 is 2.17 bits per heavy atom. The van der Waals surface area contributed by atoms with E-state index in [9.17, 15) is 9.59 Å². The van der Waals surface area contributed by atoms with Crippen LogP contribution in [-0.4, -0.2) is 43.2 Å². The Hall–Kier alpha value is -1.92. The molecule has 2 saturated heterocycles. The second-order valence-corrected chi connectivity index (χ2v) is 6.57. The van der Waals surface area contributed by atoms with Crippen LogP contribution < -0.4 is 5.48 Å². The van der Waals surface area contributed by atoms with Crippen molar-refractivity contribution in [2.45, 2.75) is 38.4 Å². The van der Waals surface area contributed by atoms with Gasteiger partial charge in [-0.25, -0.2) is 10.3 Å². The summed E-state index contributed by atoms with van der Waals surface area (Å²) in [5.74, 6) is -0.535. The van der Waals surface area contributed by atoms with Crippen LogP contribution in [0.25, 0.3) is 0 Å². The molecule has 2 heterocycles. The van der Waals surface area contributed by atoms with Crippen molar-refractivity contribution in [3.8, 4) is 0 Å². The fourth-order valence-electron chi connectivity index (χ4n) is 3.35. The van der Waals surface area contributed by atoms with E-state index in [1.165, 1.54) is 0 Å². The zero-order valence-corrected chi connectivity index (χ0v) is 14.0. The van der Waals surface area contributed by atoms with Gasteiger partial charge in [0.15, 0.2) is 6.29 Å². The first-order valence-electron chi connectivity index (χ1n) is 8.49. The van der Waals surface area contributed by atoms with Gasteiger partial charge in [-0.1, -0.05) is 30.3 Å². The highest BCUT2D eigenvalue weighted by Gasteiger charge is 2.51. The van der Waals surface area contributed by atoms with Crippen molar-refractivity contribution in [2.75, 3.05) is 20.2 Å². The SMILES string of the molecule is CN1CCC(Cc2ccccc2)(C(=O)NOC2CCCCO2)C1=O. The first kappa shape index (κ1) is 16.9. The molecular weight excluding hydrogens is 308 g/mol. The van der Waals surface area contributed by atoms with Crippen LogP contribution in [0.5, 0.6) is 0 Å². The second-order valence-electron chi connectivity index (χ2n) is 6.57. The Kier molecular flexibility index (Phi) is 5.16. The molecule has 2 aliphatic rings. The van der Waals surface area contributed by atoms with Crippen molar-refractivity contribution < 1.29 is 19.2 Å². The van der Waals surface area contributed by atoms with Gasteiger partial charge in [-0.15, -0.1) is 0 Å². The molecule has 6 nitrogen and oxygen atoms in total. The molecule has 1 aromatic rings. The lowest BCUT2D eigenvalue weighted by Crippen LogP contribution is -2.49. The van der Waals surface area contributed by atoms with E-state index in [1.807, 2.05) is 30.3 Å². The van der Waals surface area contributed by atoms with Crippen LogP contribution in [0.2, 0.25) is 0 Å². The van der Waals surface area contributed by atoms with E-state index >= 15 is 0 Å². The van der Waals surface area contributed by atoms with Crippen LogP contribution in [0.4, 0.5) is 0 Å². The van der Waals surface area contributed by atoms with Gasteiger partial charge in [0.25, 0.3) is 5.91 Å². The van der Waals surface area contributed by atoms with Gasteiger partial charge >= 0.3 is 0 Å². The monoisotopic (exact) mass is 332 g/mol. The van der Waals surface area contributed by atoms with E-state index in [0.717, 1.165) is 24.8 Å². The third-order valence-corrected chi connectivity index (χ3v) is 4.83. The number of carbonyl (C=O) groups is 2. The number of amides is 2. The molecule has 1 N–H and O–H groups in total. The van der Waals surface area contributed by atoms with Gasteiger partial charge in [-0.3, -0.25) is 9.59 Å². The molecule has 2 atom stereocenters. The third-order valence-electron chi connectivity index (χ3n) is 4.83. The molecule has 1 aromatic carbocycles. The minimum atomic E-state index is -1.11. The zero-order valence-electron chi connectivity index (χ0n) is 14.0. The number of ether oxygens (including phenoxy) is 1. The number of hydrogen-bond donors (Lipinski definition) is 1. The van der Waals surface area contributed by atoms with Crippen LogP contribution in [0.3, 0.4) is 0 Å². The highest BCUT2D eigenvalue weighted by Crippen LogP contribution is 2.35. The summed E-state index contributed by atoms with van der Waals surface area (Å²) >= 11 is 0. The predicted octanol–water partition coefficient (Wildman–Crippen LogP) is 1.65. The summed E-state index contributed by atoms with van der Waals surface area (Å²) in [6.07, 6.45) is 3.20. The average molecular weight is 332 g/mol. The molecule has 0 saturated carbocycles. The zero-order chi connectivity index (χ0) is 17.0. The number of benzene rings is 1. The van der Waals surface area contributed by atoms with E-state index in [2.05, 4.69) is 5.48 Å². The summed E-state index contributed by atoms with van der Waals surface area (Å²) in [5.41, 5.74) is 2.35. The van der Waals surface area contributed by atoms with Gasteiger partial charge in [-0.05, 0) is 31.2 Å². The quantitative estimate of drug-likeness (QED) is 0.658. The molecule has 24 heavy (non-hydrogen) atoms. The van der Waals surface area contributed by atoms with Crippen LogP contribution >= 0.6 is 0 Å². The third kappa shape index (κ3) is 3.44. The highest BCUT2D eigenvalue weighted by atomic mass is 16.8. The number of nitrogens with one attached hydrogen (secondary N) is 1. The van der Waals surface area contributed by atoms with Gasteiger partial charge < -0.3 is 9.64 Å². The number of nitrogens with zero attached hydrogens (tertiary/aromatic N) is 1. The molecule has 0 spiro atoms. The molecule has 0 radical (unpaired) electrons. The molecular formula is C18H24N2O4. The van der Waals surface area contributed by atoms with E-state index in [-0.39, 0.29) is 11.8 Å². The van der Waals surface area contributed by atoms with E-state index in [4.69, 9.17) is 9.57 Å². The van der Waals surface area contributed by atoms with Crippen LogP contribution in [-0.2, 0) is 25.6 Å². The smallest absolute Gasteiger partial charge is 0.259 e. The van der Waals surface area contributed by atoms with Crippen LogP contribution in [0.1, 0.15) is 31.2 Å². The summed E-state index contributed by atoms with van der Waals surface area (Å²) in [5, 5.41) is 0. The molecule has 2 unspecified atom stereocenters. The van der Waals surface area contributed by atoms with Crippen molar-refractivity contribution in [3.05, 3.63) is 35.9 Å². The lowest BCUT2D eigenvalue weighted by Gasteiger charge is -2.28. The minimum Gasteiger partial charge on any atom is -0.350 e. The summed E-state index contributed by atoms with van der Waals surface area (Å²) in [6.45, 7) is 1.20. The Labute approximate surface area is 142 Å². The predicted molar refractivity (Wildman–Crippen MR) is 87.7 cm³/mol. The number of likely N-dealkylation sites (tertiary alicyclic amines) is 1. The number of hydrogen-bond acceptors (Lipinski definition) is 4. The topological polar surface area (TPSA) is 67.9 Å². The van der Waals surface area contributed by atoms with Crippen molar-refractivity contribution in [2.24, 2.45) is 5.41 Å². The van der Waals surface area contributed by atoms with Gasteiger partial charge in [0.2, 0.25) is 5.91 Å². The first-order valence-corrected chi connectivity index (χ1v) is 8.49. The number of hydroxylamine groups is 1. The fraction of sp³-hybridized carbons (Fsp3) is 0.556. The van der Waals surface area contributed by atoms with Crippen LogP contribution in [0.15, 0.2) is 30.3 Å². The lowest BCUT2D eigenvalue weighted by molar-refractivity contribution is -0.204. The number of rotatable bonds is 5. The summed E-state index contributed by atoms with van der Waals surface area (Å²) in [7, 11) is 1.73. The fourth-order valence-corrected chi connectivity index (χ4v) is 3.35. The van der Waals surface area contributed by atoms with Gasteiger partial charge in [0, 0.05) is 26.6 Å². The van der Waals surface area contributed by atoms with Gasteiger partial charge in [0.05, 0.1) is 0 Å². The average Bonchev–Trinajstić information content (AvgIpc) is 2.91. The second kappa shape index (κ2) is 7.32. The lowest BCUT2D eigenvalue weighted by atomic mass is 9.79. The molecule has 0 bridgehead atoms. The molecule has 2 aliphatic heterocycles. The molecule has 3 rings (SSSR count). The van der Waals surface area contributed by atoms with Crippen molar-refractivity contribution >= 4 is 11.8 Å². The van der Waals surface area contributed by atoms with E-state index in [1.54, 1.807) is 11.9 Å². The van der Waals surface area contributed by atoms with Crippen molar-refractivity contribution in [1.29, 1.82) is 0 Å². The van der Waals surface area contributed by atoms with Gasteiger partial charge in [0.1, 0.15) is 5.41 Å². The molecule has 6 heteroatoms. The molecule has 2 amide bonds. The maximum atomic E-state index is 12.8. The Morgan fingerprint density at radius 1 is 1.38 bits per heavy atom. The van der Waals surface area contributed by atoms with Gasteiger partial charge in [-0.2, -0.15) is 0 Å². The molecule has 130 valence electrons. The molecule has 0 aliphatic carbocycles. The normalized spacial score (nSPS) is 27.3. The highest BCUT2D eigenvalue weighted by molar-refractivity contribution is 6.06. The summed E-state index contributed by atoms with van der Waals surface area (Å²) in [6, 6.07) is 9.62. The summed E-state index contributed by atoms with van der Waals surface area (Å²) in [4.78, 5) is 32.6. The Bertz CT molecular complexity index is 586. The van der Waals surface area contributed by atoms with E-state index < -0.39 is 11.7 Å². The largest absolute Gasteiger partial charge is 0.350 e. The van der Waals surface area contributed by atoms with Crippen LogP contribution in [0, 0.1) is 5.41 Å². The number of carbonyl (C=O) groups excluding carboxylic acids is 2. The summed E-state index contributed by atoms with van der Waals surface area (Å²) < 4.78 is 5.46. The molecule has 0 aromatic heterocycles. The maximum Gasteiger partial charge on any atom is 0.259 e.